The van der Waals surface area contributed by atoms with Gasteiger partial charge in [0.1, 0.15) is 17.1 Å². The molecule has 92 valence electrons. The summed E-state index contributed by atoms with van der Waals surface area (Å²) in [6.07, 6.45) is 1.45. The van der Waals surface area contributed by atoms with Crippen LogP contribution >= 0.6 is 0 Å². The molecule has 0 saturated heterocycles. The van der Waals surface area contributed by atoms with Crippen LogP contribution in [0.25, 0.3) is 6.08 Å². The van der Waals surface area contributed by atoms with Crippen LogP contribution in [0.4, 0.5) is 4.39 Å². The smallest absolute Gasteiger partial charge is 0.354 e. The molecule has 0 unspecified atom stereocenters. The summed E-state index contributed by atoms with van der Waals surface area (Å²) in [6, 6.07) is 5.67. The Bertz CT molecular complexity index is 430. The van der Waals surface area contributed by atoms with E-state index in [-0.39, 0.29) is 11.5 Å². The standard InChI is InChI=1S/C13H16FNO2/c1-13(2,3)17-12(16)11(15)8-9-4-6-10(14)7-5-9/h4-8H,15H2,1-3H3/b11-8-. The molecule has 0 amide bonds. The van der Waals surface area contributed by atoms with E-state index in [0.29, 0.717) is 5.56 Å². The van der Waals surface area contributed by atoms with Crippen LogP contribution in [0.2, 0.25) is 0 Å². The minimum Gasteiger partial charge on any atom is -0.455 e. The van der Waals surface area contributed by atoms with E-state index in [0.717, 1.165) is 0 Å². The normalized spacial score (nSPS) is 12.4. The van der Waals surface area contributed by atoms with E-state index >= 15 is 0 Å². The van der Waals surface area contributed by atoms with Gasteiger partial charge in [-0.25, -0.2) is 9.18 Å². The summed E-state index contributed by atoms with van der Waals surface area (Å²) in [5, 5.41) is 0. The second kappa shape index (κ2) is 4.99. The van der Waals surface area contributed by atoms with Crippen molar-refractivity contribution in [2.75, 3.05) is 0 Å². The van der Waals surface area contributed by atoms with Crippen molar-refractivity contribution in [3.05, 3.63) is 41.3 Å². The summed E-state index contributed by atoms with van der Waals surface area (Å²) in [6.45, 7) is 5.28. The van der Waals surface area contributed by atoms with Crippen LogP contribution in [0.3, 0.4) is 0 Å². The van der Waals surface area contributed by atoms with Crippen LogP contribution in [0.15, 0.2) is 30.0 Å². The lowest BCUT2D eigenvalue weighted by atomic mass is 10.1. The number of carbonyl (C=O) groups excluding carboxylic acids is 1. The highest BCUT2D eigenvalue weighted by Gasteiger charge is 2.17. The molecule has 0 bridgehead atoms. The van der Waals surface area contributed by atoms with Crippen molar-refractivity contribution < 1.29 is 13.9 Å². The first kappa shape index (κ1) is 13.2. The van der Waals surface area contributed by atoms with Crippen LogP contribution in [0.1, 0.15) is 26.3 Å². The largest absolute Gasteiger partial charge is 0.455 e. The molecule has 0 aliphatic rings. The topological polar surface area (TPSA) is 52.3 Å². The van der Waals surface area contributed by atoms with Crippen molar-refractivity contribution in [1.29, 1.82) is 0 Å². The molecule has 1 aromatic rings. The lowest BCUT2D eigenvalue weighted by Crippen LogP contribution is -2.27. The zero-order valence-electron chi connectivity index (χ0n) is 10.2. The molecule has 2 N–H and O–H groups in total. The minimum atomic E-state index is -0.585. The lowest BCUT2D eigenvalue weighted by Gasteiger charge is -2.19. The Kier molecular flexibility index (Phi) is 3.89. The van der Waals surface area contributed by atoms with Gasteiger partial charge >= 0.3 is 5.97 Å². The van der Waals surface area contributed by atoms with Gasteiger partial charge in [0.25, 0.3) is 0 Å². The van der Waals surface area contributed by atoms with Gasteiger partial charge in [0.05, 0.1) is 0 Å². The average molecular weight is 237 g/mol. The van der Waals surface area contributed by atoms with Gasteiger partial charge in [-0.15, -0.1) is 0 Å². The first-order valence-electron chi connectivity index (χ1n) is 5.24. The summed E-state index contributed by atoms with van der Waals surface area (Å²) in [5.41, 5.74) is 5.64. The van der Waals surface area contributed by atoms with E-state index in [9.17, 15) is 9.18 Å². The number of benzene rings is 1. The van der Waals surface area contributed by atoms with Crippen LogP contribution < -0.4 is 5.73 Å². The molecule has 0 spiro atoms. The van der Waals surface area contributed by atoms with E-state index in [2.05, 4.69) is 0 Å². The number of halogens is 1. The maximum absolute atomic E-state index is 12.7. The Labute approximate surface area is 100 Å². The molecule has 0 saturated carbocycles. The first-order chi connectivity index (χ1) is 7.78. The van der Waals surface area contributed by atoms with Gasteiger partial charge in [0.2, 0.25) is 0 Å². The van der Waals surface area contributed by atoms with Crippen molar-refractivity contribution in [3.8, 4) is 0 Å². The van der Waals surface area contributed by atoms with Crippen LogP contribution in [0, 0.1) is 5.82 Å². The fraction of sp³-hybridized carbons (Fsp3) is 0.308. The molecular formula is C13H16FNO2. The number of hydrogen-bond acceptors (Lipinski definition) is 3. The summed E-state index contributed by atoms with van der Waals surface area (Å²) < 4.78 is 17.8. The molecule has 0 fully saturated rings. The zero-order valence-corrected chi connectivity index (χ0v) is 10.2. The molecular weight excluding hydrogens is 221 g/mol. The van der Waals surface area contributed by atoms with Gasteiger partial charge < -0.3 is 10.5 Å². The van der Waals surface area contributed by atoms with E-state index in [1.165, 1.54) is 30.3 Å². The highest BCUT2D eigenvalue weighted by Crippen LogP contribution is 2.11. The number of rotatable bonds is 2. The third-order valence-corrected chi connectivity index (χ3v) is 1.83. The van der Waals surface area contributed by atoms with E-state index in [1.807, 2.05) is 0 Å². The molecule has 0 aliphatic heterocycles. The SMILES string of the molecule is CC(C)(C)OC(=O)/C(N)=C/c1ccc(F)cc1. The Morgan fingerprint density at radius 2 is 1.82 bits per heavy atom. The second-order valence-electron chi connectivity index (χ2n) is 4.65. The minimum absolute atomic E-state index is 0.00784. The van der Waals surface area contributed by atoms with Gasteiger partial charge in [0, 0.05) is 0 Å². The third kappa shape index (κ3) is 4.68. The van der Waals surface area contributed by atoms with E-state index in [4.69, 9.17) is 10.5 Å². The predicted molar refractivity (Wildman–Crippen MR) is 64.4 cm³/mol. The molecule has 1 aromatic carbocycles. The number of hydrogen-bond donors (Lipinski definition) is 1. The van der Waals surface area contributed by atoms with E-state index < -0.39 is 11.6 Å². The predicted octanol–water partition coefficient (Wildman–Crippen LogP) is 2.47. The monoisotopic (exact) mass is 237 g/mol. The Hall–Kier alpha value is -1.84. The zero-order chi connectivity index (χ0) is 13.1. The molecule has 0 aliphatic carbocycles. The van der Waals surface area contributed by atoms with Crippen LogP contribution in [-0.4, -0.2) is 11.6 Å². The van der Waals surface area contributed by atoms with Crippen molar-refractivity contribution in [1.82, 2.24) is 0 Å². The van der Waals surface area contributed by atoms with Gasteiger partial charge in [-0.2, -0.15) is 0 Å². The number of esters is 1. The van der Waals surface area contributed by atoms with Gasteiger partial charge in [0.15, 0.2) is 0 Å². The van der Waals surface area contributed by atoms with Crippen LogP contribution in [0.5, 0.6) is 0 Å². The maximum Gasteiger partial charge on any atom is 0.354 e. The third-order valence-electron chi connectivity index (χ3n) is 1.83. The number of carbonyl (C=O) groups is 1. The van der Waals surface area contributed by atoms with Crippen molar-refractivity contribution in [3.63, 3.8) is 0 Å². The average Bonchev–Trinajstić information content (AvgIpc) is 2.19. The molecule has 3 nitrogen and oxygen atoms in total. The number of nitrogens with two attached hydrogens (primary N) is 1. The van der Waals surface area contributed by atoms with Gasteiger partial charge in [-0.3, -0.25) is 0 Å². The molecule has 0 radical (unpaired) electrons. The van der Waals surface area contributed by atoms with Gasteiger partial charge in [-0.1, -0.05) is 12.1 Å². The Morgan fingerprint density at radius 1 is 1.29 bits per heavy atom. The van der Waals surface area contributed by atoms with Gasteiger partial charge in [-0.05, 0) is 44.5 Å². The second-order valence-corrected chi connectivity index (χ2v) is 4.65. The highest BCUT2D eigenvalue weighted by molar-refractivity contribution is 5.92. The fourth-order valence-corrected chi connectivity index (χ4v) is 1.13. The summed E-state index contributed by atoms with van der Waals surface area (Å²) in [7, 11) is 0. The van der Waals surface area contributed by atoms with Crippen molar-refractivity contribution >= 4 is 12.0 Å². The summed E-state index contributed by atoms with van der Waals surface area (Å²) in [5.74, 6) is -0.917. The highest BCUT2D eigenvalue weighted by atomic mass is 19.1. The Balaban J connectivity index is 2.79. The summed E-state index contributed by atoms with van der Waals surface area (Å²) in [4.78, 5) is 11.5. The van der Waals surface area contributed by atoms with Crippen LogP contribution in [-0.2, 0) is 9.53 Å². The quantitative estimate of drug-likeness (QED) is 0.635. The Morgan fingerprint density at radius 3 is 2.29 bits per heavy atom. The lowest BCUT2D eigenvalue weighted by molar-refractivity contribution is -0.149. The molecule has 0 aromatic heterocycles. The molecule has 17 heavy (non-hydrogen) atoms. The van der Waals surface area contributed by atoms with E-state index in [1.54, 1.807) is 20.8 Å². The maximum atomic E-state index is 12.7. The van der Waals surface area contributed by atoms with Crippen molar-refractivity contribution in [2.45, 2.75) is 26.4 Å². The fourth-order valence-electron chi connectivity index (χ4n) is 1.13. The number of ether oxygens (including phenoxy) is 1. The summed E-state index contributed by atoms with van der Waals surface area (Å²) >= 11 is 0. The van der Waals surface area contributed by atoms with Crippen molar-refractivity contribution in [2.24, 2.45) is 5.73 Å². The molecule has 1 rings (SSSR count). The first-order valence-corrected chi connectivity index (χ1v) is 5.24. The molecule has 0 atom stereocenters. The molecule has 4 heteroatoms. The molecule has 0 heterocycles.